The Morgan fingerprint density at radius 1 is 1.30 bits per heavy atom. The van der Waals surface area contributed by atoms with Crippen LogP contribution in [-0.4, -0.2) is 35.2 Å². The first-order valence-corrected chi connectivity index (χ1v) is 9.46. The third-order valence-corrected chi connectivity index (χ3v) is 5.76. The number of imidazole rings is 1. The van der Waals surface area contributed by atoms with E-state index in [1.807, 2.05) is 35.9 Å². The second-order valence-electron chi connectivity index (χ2n) is 6.79. The van der Waals surface area contributed by atoms with Gasteiger partial charge in [-0.15, -0.1) is 0 Å². The minimum absolute atomic E-state index is 0.211. The minimum Gasteiger partial charge on any atom is -0.307 e. The van der Waals surface area contributed by atoms with Gasteiger partial charge in [0.25, 0.3) is 10.2 Å². The van der Waals surface area contributed by atoms with Crippen LogP contribution >= 0.6 is 0 Å². The van der Waals surface area contributed by atoms with E-state index >= 15 is 0 Å². The maximum Gasteiger partial charge on any atom is 0.279 e. The number of piperidine rings is 1. The van der Waals surface area contributed by atoms with Crippen molar-refractivity contribution in [3.05, 3.63) is 35.8 Å². The molecule has 1 N–H and O–H groups in total. The molecule has 0 aromatic carbocycles. The Balaban J connectivity index is 1.70. The van der Waals surface area contributed by atoms with Crippen LogP contribution in [0.2, 0.25) is 0 Å². The lowest BCUT2D eigenvalue weighted by Gasteiger charge is -2.33. The lowest BCUT2D eigenvalue weighted by molar-refractivity contribution is 0.220. The predicted molar refractivity (Wildman–Crippen MR) is 90.2 cm³/mol. The van der Waals surface area contributed by atoms with Crippen LogP contribution in [0.5, 0.6) is 0 Å². The highest BCUT2D eigenvalue weighted by Crippen LogP contribution is 2.22. The molecule has 0 saturated carbocycles. The first kappa shape index (κ1) is 16.4. The first-order chi connectivity index (χ1) is 10.8. The molecule has 126 valence electrons. The standard InChI is InChI=1S/C16H24N4O2S/c1-12-4-5-19-11-15(18-16(19)7-12)8-17-23(21,22)20-9-13(2)6-14(3)10-20/h4-5,7,11,13-14,17H,6,8-10H2,1-3H3/t13-,14-/m1/s1. The van der Waals surface area contributed by atoms with E-state index in [0.717, 1.165) is 23.3 Å². The zero-order chi connectivity index (χ0) is 16.6. The number of aromatic nitrogens is 2. The third-order valence-electron chi connectivity index (χ3n) is 4.28. The van der Waals surface area contributed by atoms with Crippen LogP contribution in [0.25, 0.3) is 5.65 Å². The van der Waals surface area contributed by atoms with Gasteiger partial charge in [-0.25, -0.2) is 4.98 Å². The Labute approximate surface area is 137 Å². The summed E-state index contributed by atoms with van der Waals surface area (Å²) in [7, 11) is -3.46. The molecule has 0 unspecified atom stereocenters. The normalized spacial score (nSPS) is 23.4. The average Bonchev–Trinajstić information content (AvgIpc) is 2.86. The van der Waals surface area contributed by atoms with Crippen LogP contribution < -0.4 is 4.72 Å². The van der Waals surface area contributed by atoms with Crippen LogP contribution in [0.15, 0.2) is 24.5 Å². The van der Waals surface area contributed by atoms with E-state index in [1.54, 1.807) is 4.31 Å². The van der Waals surface area contributed by atoms with Gasteiger partial charge < -0.3 is 4.40 Å². The fraction of sp³-hybridized carbons (Fsp3) is 0.562. The molecule has 2 aromatic heterocycles. The second-order valence-corrected chi connectivity index (χ2v) is 8.55. The predicted octanol–water partition coefficient (Wildman–Crippen LogP) is 1.96. The molecule has 6 nitrogen and oxygen atoms in total. The van der Waals surface area contributed by atoms with E-state index in [1.165, 1.54) is 0 Å². The topological polar surface area (TPSA) is 66.7 Å². The molecule has 3 heterocycles. The molecule has 23 heavy (non-hydrogen) atoms. The van der Waals surface area contributed by atoms with Crippen LogP contribution in [0, 0.1) is 18.8 Å². The number of hydrogen-bond donors (Lipinski definition) is 1. The second kappa shape index (κ2) is 6.22. The van der Waals surface area contributed by atoms with Gasteiger partial charge in [0, 0.05) is 25.5 Å². The first-order valence-electron chi connectivity index (χ1n) is 8.02. The van der Waals surface area contributed by atoms with E-state index in [4.69, 9.17) is 0 Å². The van der Waals surface area contributed by atoms with Gasteiger partial charge in [0.15, 0.2) is 0 Å². The average molecular weight is 336 g/mol. The van der Waals surface area contributed by atoms with Crippen LogP contribution in [-0.2, 0) is 16.8 Å². The van der Waals surface area contributed by atoms with Gasteiger partial charge in [-0.2, -0.15) is 17.4 Å². The molecule has 1 aliphatic rings. The fourth-order valence-electron chi connectivity index (χ4n) is 3.28. The molecule has 1 aliphatic heterocycles. The highest BCUT2D eigenvalue weighted by molar-refractivity contribution is 7.87. The number of aryl methyl sites for hydroxylation is 1. The van der Waals surface area contributed by atoms with Crippen molar-refractivity contribution in [1.82, 2.24) is 18.4 Å². The van der Waals surface area contributed by atoms with Crippen molar-refractivity contribution in [3.8, 4) is 0 Å². The molecule has 1 fully saturated rings. The van der Waals surface area contributed by atoms with Gasteiger partial charge >= 0.3 is 0 Å². The van der Waals surface area contributed by atoms with Gasteiger partial charge in [-0.3, -0.25) is 0 Å². The van der Waals surface area contributed by atoms with E-state index in [-0.39, 0.29) is 6.54 Å². The summed E-state index contributed by atoms with van der Waals surface area (Å²) in [6.45, 7) is 7.59. The summed E-state index contributed by atoms with van der Waals surface area (Å²) in [5.74, 6) is 0.794. The van der Waals surface area contributed by atoms with Gasteiger partial charge in [0.1, 0.15) is 5.65 Å². The molecule has 1 saturated heterocycles. The van der Waals surface area contributed by atoms with E-state index in [9.17, 15) is 8.42 Å². The highest BCUT2D eigenvalue weighted by Gasteiger charge is 2.30. The quantitative estimate of drug-likeness (QED) is 0.928. The maximum atomic E-state index is 12.5. The zero-order valence-corrected chi connectivity index (χ0v) is 14.7. The van der Waals surface area contributed by atoms with Crippen molar-refractivity contribution in [3.63, 3.8) is 0 Å². The number of nitrogens with one attached hydrogen (secondary N) is 1. The Kier molecular flexibility index (Phi) is 4.44. The molecular weight excluding hydrogens is 312 g/mol. The Morgan fingerprint density at radius 3 is 2.70 bits per heavy atom. The summed E-state index contributed by atoms with van der Waals surface area (Å²) >= 11 is 0. The Hall–Kier alpha value is -1.44. The third kappa shape index (κ3) is 3.73. The monoisotopic (exact) mass is 336 g/mol. The summed E-state index contributed by atoms with van der Waals surface area (Å²) in [6, 6.07) is 3.98. The number of rotatable bonds is 4. The van der Waals surface area contributed by atoms with Gasteiger partial charge in [-0.05, 0) is 42.9 Å². The van der Waals surface area contributed by atoms with E-state index in [2.05, 4.69) is 23.6 Å². The Morgan fingerprint density at radius 2 is 2.00 bits per heavy atom. The van der Waals surface area contributed by atoms with Crippen LogP contribution in [0.1, 0.15) is 31.5 Å². The van der Waals surface area contributed by atoms with Gasteiger partial charge in [0.05, 0.1) is 12.2 Å². The van der Waals surface area contributed by atoms with Gasteiger partial charge in [-0.1, -0.05) is 13.8 Å². The largest absolute Gasteiger partial charge is 0.307 e. The van der Waals surface area contributed by atoms with Crippen molar-refractivity contribution in [2.75, 3.05) is 13.1 Å². The maximum absolute atomic E-state index is 12.5. The van der Waals surface area contributed by atoms with Crippen LogP contribution in [0.3, 0.4) is 0 Å². The molecule has 7 heteroatoms. The van der Waals surface area contributed by atoms with E-state index < -0.39 is 10.2 Å². The zero-order valence-electron chi connectivity index (χ0n) is 13.9. The fourth-order valence-corrected chi connectivity index (χ4v) is 4.69. The number of nitrogens with zero attached hydrogens (tertiary/aromatic N) is 3. The molecule has 0 bridgehead atoms. The summed E-state index contributed by atoms with van der Waals surface area (Å²) in [5, 5.41) is 0. The lowest BCUT2D eigenvalue weighted by atomic mass is 9.94. The molecule has 3 rings (SSSR count). The van der Waals surface area contributed by atoms with Crippen molar-refractivity contribution in [1.29, 1.82) is 0 Å². The van der Waals surface area contributed by atoms with Crippen molar-refractivity contribution >= 4 is 15.9 Å². The SMILES string of the molecule is Cc1ccn2cc(CNS(=O)(=O)N3C[C@H](C)C[C@@H](C)C3)nc2c1. The molecule has 0 spiro atoms. The highest BCUT2D eigenvalue weighted by atomic mass is 32.2. The van der Waals surface area contributed by atoms with Crippen molar-refractivity contribution in [2.24, 2.45) is 11.8 Å². The molecule has 2 aromatic rings. The lowest BCUT2D eigenvalue weighted by Crippen LogP contribution is -2.47. The number of fused-ring (bicyclic) bond motifs is 1. The molecule has 0 aliphatic carbocycles. The molecular formula is C16H24N4O2S. The summed E-state index contributed by atoms with van der Waals surface area (Å²) in [5.41, 5.74) is 2.68. The van der Waals surface area contributed by atoms with Gasteiger partial charge in [0.2, 0.25) is 0 Å². The summed E-state index contributed by atoms with van der Waals surface area (Å²) in [4.78, 5) is 4.47. The molecule has 2 atom stereocenters. The summed E-state index contributed by atoms with van der Waals surface area (Å²) in [6.07, 6.45) is 4.88. The van der Waals surface area contributed by atoms with E-state index in [0.29, 0.717) is 24.9 Å². The molecule has 0 radical (unpaired) electrons. The molecule has 0 amide bonds. The minimum atomic E-state index is -3.46. The Bertz CT molecular complexity index is 790. The van der Waals surface area contributed by atoms with Crippen molar-refractivity contribution in [2.45, 2.75) is 33.7 Å². The number of pyridine rings is 1. The van der Waals surface area contributed by atoms with Crippen molar-refractivity contribution < 1.29 is 8.42 Å². The van der Waals surface area contributed by atoms with Crippen LogP contribution in [0.4, 0.5) is 0 Å². The summed E-state index contributed by atoms with van der Waals surface area (Å²) < 4.78 is 31.1. The number of hydrogen-bond acceptors (Lipinski definition) is 3. The smallest absolute Gasteiger partial charge is 0.279 e.